The van der Waals surface area contributed by atoms with Gasteiger partial charge < -0.3 is 15.8 Å². The predicted molar refractivity (Wildman–Crippen MR) is 113 cm³/mol. The van der Waals surface area contributed by atoms with Crippen LogP contribution in [0.1, 0.15) is 22.3 Å². The van der Waals surface area contributed by atoms with E-state index in [4.69, 9.17) is 10.5 Å². The summed E-state index contributed by atoms with van der Waals surface area (Å²) in [7, 11) is -4.25. The summed E-state index contributed by atoms with van der Waals surface area (Å²) < 4.78 is 47.7. The van der Waals surface area contributed by atoms with Crippen molar-refractivity contribution in [1.29, 1.82) is 0 Å². The maximum Gasteiger partial charge on any atom is 0.264 e. The van der Waals surface area contributed by atoms with Crippen molar-refractivity contribution in [3.63, 3.8) is 0 Å². The van der Waals surface area contributed by atoms with E-state index >= 15 is 0 Å². The fourth-order valence-corrected chi connectivity index (χ4v) is 4.28. The molecule has 0 radical (unpaired) electrons. The van der Waals surface area contributed by atoms with Gasteiger partial charge in [0.05, 0.1) is 11.9 Å². The van der Waals surface area contributed by atoms with E-state index in [-0.39, 0.29) is 35.1 Å². The highest BCUT2D eigenvalue weighted by Gasteiger charge is 2.24. The molecule has 1 aliphatic heterocycles. The molecule has 32 heavy (non-hydrogen) atoms. The molecule has 0 aliphatic carbocycles. The normalized spacial score (nSPS) is 13.1. The summed E-state index contributed by atoms with van der Waals surface area (Å²) in [5.74, 6) is -1.37. The van der Waals surface area contributed by atoms with Crippen LogP contribution in [0, 0.1) is 5.82 Å². The van der Waals surface area contributed by atoms with Gasteiger partial charge in [0.1, 0.15) is 16.5 Å². The van der Waals surface area contributed by atoms with E-state index in [9.17, 15) is 22.4 Å². The van der Waals surface area contributed by atoms with Crippen molar-refractivity contribution in [2.45, 2.75) is 17.7 Å². The number of sulfonamides is 1. The van der Waals surface area contributed by atoms with E-state index < -0.39 is 26.6 Å². The van der Waals surface area contributed by atoms with Crippen molar-refractivity contribution in [3.05, 3.63) is 71.7 Å². The zero-order valence-electron chi connectivity index (χ0n) is 16.5. The molecule has 0 fully saturated rings. The van der Waals surface area contributed by atoms with Crippen molar-refractivity contribution >= 4 is 33.2 Å². The number of nitrogens with two attached hydrogens (primary N) is 1. The van der Waals surface area contributed by atoms with E-state index in [1.807, 2.05) is 0 Å². The zero-order valence-corrected chi connectivity index (χ0v) is 17.3. The number of pyridine rings is 1. The first kappa shape index (κ1) is 21.2. The molecule has 2 amide bonds. The number of carbonyl (C=O) groups excluding carboxylic acids is 2. The Morgan fingerprint density at radius 2 is 1.97 bits per heavy atom. The van der Waals surface area contributed by atoms with Gasteiger partial charge in [-0.2, -0.15) is 0 Å². The van der Waals surface area contributed by atoms with Crippen LogP contribution in [0.5, 0.6) is 11.6 Å². The summed E-state index contributed by atoms with van der Waals surface area (Å²) in [5.41, 5.74) is 6.39. The van der Waals surface area contributed by atoms with Crippen LogP contribution in [-0.4, -0.2) is 25.2 Å². The van der Waals surface area contributed by atoms with Crippen LogP contribution in [-0.2, 0) is 21.2 Å². The van der Waals surface area contributed by atoms with Gasteiger partial charge in [-0.1, -0.05) is 6.07 Å². The lowest BCUT2D eigenvalue weighted by Gasteiger charge is -2.18. The molecule has 164 valence electrons. The molecule has 3 aromatic rings. The number of benzene rings is 2. The Bertz CT molecular complexity index is 1330. The van der Waals surface area contributed by atoms with Crippen LogP contribution >= 0.6 is 0 Å². The number of primary amides is 1. The molecule has 0 spiro atoms. The van der Waals surface area contributed by atoms with E-state index in [1.165, 1.54) is 36.5 Å². The molecule has 0 bridgehead atoms. The van der Waals surface area contributed by atoms with Gasteiger partial charge in [0.15, 0.2) is 0 Å². The fraction of sp³-hybridized carbons (Fsp3) is 0.0952. The maximum absolute atomic E-state index is 14.5. The van der Waals surface area contributed by atoms with Crippen molar-refractivity contribution in [1.82, 2.24) is 4.98 Å². The number of anilines is 2. The van der Waals surface area contributed by atoms with Crippen LogP contribution in [0.4, 0.5) is 15.8 Å². The average Bonchev–Trinajstić information content (AvgIpc) is 2.74. The number of nitrogens with one attached hydrogen (secondary N) is 2. The lowest BCUT2D eigenvalue weighted by Crippen LogP contribution is -2.21. The van der Waals surface area contributed by atoms with Crippen molar-refractivity contribution in [2.24, 2.45) is 5.73 Å². The number of nitrogens with zero attached hydrogens (tertiary/aromatic N) is 1. The second-order valence-corrected chi connectivity index (χ2v) is 8.62. The minimum Gasteiger partial charge on any atom is -0.439 e. The van der Waals surface area contributed by atoms with Crippen molar-refractivity contribution in [3.8, 4) is 11.6 Å². The minimum absolute atomic E-state index is 0.0914. The van der Waals surface area contributed by atoms with Crippen LogP contribution in [0.25, 0.3) is 0 Å². The van der Waals surface area contributed by atoms with Gasteiger partial charge in [-0.25, -0.2) is 17.8 Å². The standard InChI is InChI=1S/C21H17FN4O5S/c22-16-10-17-12(4-6-19(27)25-17)9-18(16)32(29,30)26-14-5-7-20(24-11-14)31-15-3-1-2-13(8-15)21(23)28/h1-3,5,7-11,26H,4,6H2,(H2,23,28)(H,25,27). The van der Waals surface area contributed by atoms with Crippen LogP contribution in [0.15, 0.2) is 59.6 Å². The first-order valence-electron chi connectivity index (χ1n) is 9.40. The summed E-state index contributed by atoms with van der Waals surface area (Å²) in [6.45, 7) is 0. The number of rotatable bonds is 6. The Balaban J connectivity index is 1.51. The third-order valence-corrected chi connectivity index (χ3v) is 6.07. The number of hydrogen-bond acceptors (Lipinski definition) is 6. The first-order chi connectivity index (χ1) is 15.2. The van der Waals surface area contributed by atoms with Gasteiger partial charge in [-0.3, -0.25) is 14.3 Å². The topological polar surface area (TPSA) is 140 Å². The largest absolute Gasteiger partial charge is 0.439 e. The van der Waals surface area contributed by atoms with E-state index in [0.29, 0.717) is 17.7 Å². The lowest BCUT2D eigenvalue weighted by atomic mass is 10.0. The number of halogens is 1. The Labute approximate surface area is 182 Å². The molecule has 1 aromatic heterocycles. The minimum atomic E-state index is -4.25. The number of amides is 2. The molecular weight excluding hydrogens is 439 g/mol. The Morgan fingerprint density at radius 3 is 2.69 bits per heavy atom. The molecule has 1 aliphatic rings. The highest BCUT2D eigenvalue weighted by atomic mass is 32.2. The predicted octanol–water partition coefficient (Wildman–Crippen LogP) is 2.80. The summed E-state index contributed by atoms with van der Waals surface area (Å²) in [4.78, 5) is 26.2. The Hall–Kier alpha value is -3.99. The monoisotopic (exact) mass is 456 g/mol. The summed E-state index contributed by atoms with van der Waals surface area (Å²) in [5, 5.41) is 2.52. The molecule has 2 heterocycles. The van der Waals surface area contributed by atoms with Gasteiger partial charge in [-0.15, -0.1) is 0 Å². The molecule has 4 rings (SSSR count). The molecule has 0 unspecified atom stereocenters. The Kier molecular flexibility index (Phi) is 5.49. The first-order valence-corrected chi connectivity index (χ1v) is 10.9. The number of ether oxygens (including phenoxy) is 1. The van der Waals surface area contributed by atoms with Gasteiger partial charge >= 0.3 is 0 Å². The van der Waals surface area contributed by atoms with Gasteiger partial charge in [0.2, 0.25) is 17.7 Å². The molecule has 0 saturated carbocycles. The molecule has 0 saturated heterocycles. The smallest absolute Gasteiger partial charge is 0.264 e. The van der Waals surface area contributed by atoms with E-state index in [2.05, 4.69) is 15.0 Å². The quantitative estimate of drug-likeness (QED) is 0.521. The van der Waals surface area contributed by atoms with Crippen LogP contribution in [0.3, 0.4) is 0 Å². The fourth-order valence-electron chi connectivity index (χ4n) is 3.13. The highest BCUT2D eigenvalue weighted by molar-refractivity contribution is 7.92. The van der Waals surface area contributed by atoms with E-state index in [0.717, 1.165) is 6.07 Å². The molecular formula is C21H17FN4O5S. The molecule has 4 N–H and O–H groups in total. The lowest BCUT2D eigenvalue weighted by molar-refractivity contribution is -0.116. The third kappa shape index (κ3) is 4.52. The second kappa shape index (κ2) is 8.27. The molecule has 11 heteroatoms. The third-order valence-electron chi connectivity index (χ3n) is 4.67. The maximum atomic E-state index is 14.5. The van der Waals surface area contributed by atoms with E-state index in [1.54, 1.807) is 12.1 Å². The number of aryl methyl sites for hydroxylation is 1. The SMILES string of the molecule is NC(=O)c1cccc(Oc2ccc(NS(=O)(=O)c3cc4c(cc3F)NC(=O)CC4)cn2)c1. The Morgan fingerprint density at radius 1 is 1.16 bits per heavy atom. The average molecular weight is 456 g/mol. The number of carbonyl (C=O) groups is 2. The second-order valence-electron chi connectivity index (χ2n) is 6.97. The van der Waals surface area contributed by atoms with Crippen LogP contribution in [0.2, 0.25) is 0 Å². The number of hydrogen-bond donors (Lipinski definition) is 3. The van der Waals surface area contributed by atoms with Gasteiger partial charge in [-0.05, 0) is 48.4 Å². The number of aromatic nitrogens is 1. The van der Waals surface area contributed by atoms with Gasteiger partial charge in [0, 0.05) is 23.7 Å². The number of fused-ring (bicyclic) bond motifs is 1. The van der Waals surface area contributed by atoms with Crippen molar-refractivity contribution < 1.29 is 27.1 Å². The highest BCUT2D eigenvalue weighted by Crippen LogP contribution is 2.29. The summed E-state index contributed by atoms with van der Waals surface area (Å²) in [6.07, 6.45) is 1.72. The van der Waals surface area contributed by atoms with Gasteiger partial charge in [0.25, 0.3) is 10.0 Å². The molecule has 2 aromatic carbocycles. The van der Waals surface area contributed by atoms with Crippen LogP contribution < -0.4 is 20.5 Å². The summed E-state index contributed by atoms with van der Waals surface area (Å²) in [6, 6.07) is 11.2. The molecule has 9 nitrogen and oxygen atoms in total. The van der Waals surface area contributed by atoms with Crippen molar-refractivity contribution in [2.75, 3.05) is 10.0 Å². The summed E-state index contributed by atoms with van der Waals surface area (Å²) >= 11 is 0. The zero-order chi connectivity index (χ0) is 22.9. The molecule has 0 atom stereocenters.